The van der Waals surface area contributed by atoms with Crippen LogP contribution in [0, 0.1) is 5.92 Å². The van der Waals surface area contributed by atoms with Gasteiger partial charge in [-0.3, -0.25) is 0 Å². The molecule has 0 aromatic heterocycles. The average Bonchev–Trinajstić information content (AvgIpc) is 3.19. The van der Waals surface area contributed by atoms with E-state index in [0.29, 0.717) is 6.04 Å². The molecule has 1 N–H and O–H groups in total. The quantitative estimate of drug-likeness (QED) is 0.708. The molecule has 100 valence electrons. The molecule has 2 rings (SSSR count). The van der Waals surface area contributed by atoms with Crippen LogP contribution in [0.4, 0.5) is 5.69 Å². The number of benzene rings is 1. The third-order valence-corrected chi connectivity index (χ3v) is 3.74. The lowest BCUT2D eigenvalue weighted by molar-refractivity contribution is 0.483. The number of para-hydroxylation sites is 1. The highest BCUT2D eigenvalue weighted by Gasteiger charge is 2.22. The number of nitrogens with zero attached hydrogens (tertiary/aromatic N) is 1. The zero-order valence-electron chi connectivity index (χ0n) is 11.7. The summed E-state index contributed by atoms with van der Waals surface area (Å²) in [5, 5.41) is 3.63. The Balaban J connectivity index is 1.57. The normalized spacial score (nSPS) is 16.6. The Kier molecular flexibility index (Phi) is 5.06. The Bertz CT molecular complexity index is 332. The first kappa shape index (κ1) is 13.4. The second kappa shape index (κ2) is 6.79. The second-order valence-electron chi connectivity index (χ2n) is 5.64. The molecule has 1 aliphatic rings. The van der Waals surface area contributed by atoms with E-state index in [0.717, 1.165) is 19.0 Å². The minimum Gasteiger partial charge on any atom is -0.375 e. The van der Waals surface area contributed by atoms with Crippen molar-refractivity contribution in [1.29, 1.82) is 0 Å². The number of hydrogen-bond donors (Lipinski definition) is 1. The summed E-state index contributed by atoms with van der Waals surface area (Å²) < 4.78 is 0. The van der Waals surface area contributed by atoms with Crippen molar-refractivity contribution in [1.82, 2.24) is 5.32 Å². The summed E-state index contributed by atoms with van der Waals surface area (Å²) in [6.45, 7) is 4.57. The van der Waals surface area contributed by atoms with Crippen LogP contribution >= 0.6 is 0 Å². The van der Waals surface area contributed by atoms with Gasteiger partial charge in [0, 0.05) is 25.3 Å². The summed E-state index contributed by atoms with van der Waals surface area (Å²) in [6, 6.07) is 11.3. The molecule has 1 aromatic carbocycles. The van der Waals surface area contributed by atoms with Crippen LogP contribution in [0.2, 0.25) is 0 Å². The van der Waals surface area contributed by atoms with Crippen LogP contribution in [0.5, 0.6) is 0 Å². The summed E-state index contributed by atoms with van der Waals surface area (Å²) in [4.78, 5) is 2.33. The first-order valence-corrected chi connectivity index (χ1v) is 7.25. The molecule has 1 aromatic rings. The first-order valence-electron chi connectivity index (χ1n) is 7.25. The molecule has 1 unspecified atom stereocenters. The fraction of sp³-hybridized carbons (Fsp3) is 0.625. The van der Waals surface area contributed by atoms with E-state index < -0.39 is 0 Å². The van der Waals surface area contributed by atoms with Crippen LogP contribution in [-0.2, 0) is 0 Å². The van der Waals surface area contributed by atoms with Gasteiger partial charge in [0.15, 0.2) is 0 Å². The number of hydrogen-bond acceptors (Lipinski definition) is 2. The van der Waals surface area contributed by atoms with Crippen LogP contribution in [0.25, 0.3) is 0 Å². The standard InChI is InChI=1S/C16H26N2/c1-14(13-15-9-10-15)17-11-6-12-18(2)16-7-4-3-5-8-16/h3-5,7-8,14-15,17H,6,9-13H2,1-2H3. The van der Waals surface area contributed by atoms with Crippen LogP contribution in [0.3, 0.4) is 0 Å². The third-order valence-electron chi connectivity index (χ3n) is 3.74. The first-order chi connectivity index (χ1) is 8.75. The summed E-state index contributed by atoms with van der Waals surface area (Å²) in [5.74, 6) is 1.03. The molecule has 1 aliphatic carbocycles. The summed E-state index contributed by atoms with van der Waals surface area (Å²) in [7, 11) is 2.17. The molecule has 2 nitrogen and oxygen atoms in total. The molecule has 0 bridgehead atoms. The maximum atomic E-state index is 3.63. The Morgan fingerprint density at radius 3 is 2.67 bits per heavy atom. The van der Waals surface area contributed by atoms with Gasteiger partial charge < -0.3 is 10.2 Å². The Hall–Kier alpha value is -1.02. The topological polar surface area (TPSA) is 15.3 Å². The monoisotopic (exact) mass is 246 g/mol. The van der Waals surface area contributed by atoms with E-state index >= 15 is 0 Å². The fourth-order valence-corrected chi connectivity index (χ4v) is 2.41. The molecule has 0 radical (unpaired) electrons. The maximum absolute atomic E-state index is 3.63. The zero-order valence-corrected chi connectivity index (χ0v) is 11.7. The molecule has 18 heavy (non-hydrogen) atoms. The van der Waals surface area contributed by atoms with Gasteiger partial charge in [-0.2, -0.15) is 0 Å². The van der Waals surface area contributed by atoms with Crippen molar-refractivity contribution in [2.24, 2.45) is 5.92 Å². The molecule has 0 heterocycles. The largest absolute Gasteiger partial charge is 0.375 e. The molecule has 0 aliphatic heterocycles. The number of rotatable bonds is 8. The van der Waals surface area contributed by atoms with Gasteiger partial charge in [-0.05, 0) is 44.4 Å². The lowest BCUT2D eigenvalue weighted by Crippen LogP contribution is -2.30. The van der Waals surface area contributed by atoms with E-state index in [4.69, 9.17) is 0 Å². The van der Waals surface area contributed by atoms with Crippen LogP contribution < -0.4 is 10.2 Å². The van der Waals surface area contributed by atoms with Crippen molar-refractivity contribution < 1.29 is 0 Å². The lowest BCUT2D eigenvalue weighted by Gasteiger charge is -2.20. The van der Waals surface area contributed by atoms with Gasteiger partial charge in [0.05, 0.1) is 0 Å². The van der Waals surface area contributed by atoms with Gasteiger partial charge in [0.2, 0.25) is 0 Å². The Labute approximate surface area is 111 Å². The van der Waals surface area contributed by atoms with Gasteiger partial charge >= 0.3 is 0 Å². The van der Waals surface area contributed by atoms with Crippen molar-refractivity contribution in [3.63, 3.8) is 0 Å². The summed E-state index contributed by atoms with van der Waals surface area (Å²) in [5.41, 5.74) is 1.31. The zero-order chi connectivity index (χ0) is 12.8. The van der Waals surface area contributed by atoms with E-state index in [2.05, 4.69) is 54.5 Å². The smallest absolute Gasteiger partial charge is 0.0363 e. The fourth-order valence-electron chi connectivity index (χ4n) is 2.41. The predicted octanol–water partition coefficient (Wildman–Crippen LogP) is 3.29. The van der Waals surface area contributed by atoms with Gasteiger partial charge in [-0.1, -0.05) is 31.0 Å². The molecular formula is C16H26N2. The Morgan fingerprint density at radius 1 is 1.28 bits per heavy atom. The molecule has 2 heteroatoms. The number of anilines is 1. The molecule has 0 saturated heterocycles. The highest BCUT2D eigenvalue weighted by atomic mass is 15.1. The molecule has 1 saturated carbocycles. The van der Waals surface area contributed by atoms with E-state index in [9.17, 15) is 0 Å². The van der Waals surface area contributed by atoms with Crippen molar-refractivity contribution in [3.8, 4) is 0 Å². The lowest BCUT2D eigenvalue weighted by atomic mass is 10.1. The maximum Gasteiger partial charge on any atom is 0.0363 e. The molecule has 0 spiro atoms. The van der Waals surface area contributed by atoms with Gasteiger partial charge in [-0.15, -0.1) is 0 Å². The highest BCUT2D eigenvalue weighted by Crippen LogP contribution is 2.33. The summed E-state index contributed by atoms with van der Waals surface area (Å²) in [6.07, 6.45) is 5.50. The minimum atomic E-state index is 0.694. The number of nitrogens with one attached hydrogen (secondary N) is 1. The second-order valence-corrected chi connectivity index (χ2v) is 5.64. The van der Waals surface area contributed by atoms with Crippen molar-refractivity contribution in [2.75, 3.05) is 25.0 Å². The predicted molar refractivity (Wildman–Crippen MR) is 79.1 cm³/mol. The third kappa shape index (κ3) is 4.69. The van der Waals surface area contributed by atoms with Gasteiger partial charge in [-0.25, -0.2) is 0 Å². The minimum absolute atomic E-state index is 0.694. The van der Waals surface area contributed by atoms with E-state index in [1.165, 1.54) is 31.4 Å². The molecule has 1 fully saturated rings. The van der Waals surface area contributed by atoms with E-state index in [-0.39, 0.29) is 0 Å². The molecule has 1 atom stereocenters. The van der Waals surface area contributed by atoms with Crippen LogP contribution in [-0.4, -0.2) is 26.2 Å². The molecule has 0 amide bonds. The van der Waals surface area contributed by atoms with Crippen molar-refractivity contribution in [2.45, 2.75) is 38.6 Å². The van der Waals surface area contributed by atoms with Crippen molar-refractivity contribution >= 4 is 5.69 Å². The van der Waals surface area contributed by atoms with E-state index in [1.54, 1.807) is 0 Å². The SMILES string of the molecule is CC(CC1CC1)NCCCN(C)c1ccccc1. The highest BCUT2D eigenvalue weighted by molar-refractivity contribution is 5.44. The van der Waals surface area contributed by atoms with E-state index in [1.807, 2.05) is 0 Å². The van der Waals surface area contributed by atoms with Crippen LogP contribution in [0.15, 0.2) is 30.3 Å². The van der Waals surface area contributed by atoms with Gasteiger partial charge in [0.1, 0.15) is 0 Å². The van der Waals surface area contributed by atoms with Crippen LogP contribution in [0.1, 0.15) is 32.6 Å². The summed E-state index contributed by atoms with van der Waals surface area (Å²) >= 11 is 0. The van der Waals surface area contributed by atoms with Crippen molar-refractivity contribution in [3.05, 3.63) is 30.3 Å². The Morgan fingerprint density at radius 2 is 2.00 bits per heavy atom. The average molecular weight is 246 g/mol. The molecular weight excluding hydrogens is 220 g/mol. The van der Waals surface area contributed by atoms with Gasteiger partial charge in [0.25, 0.3) is 0 Å².